The van der Waals surface area contributed by atoms with Crippen molar-refractivity contribution < 1.29 is 14.1 Å². The van der Waals surface area contributed by atoms with E-state index >= 15 is 0 Å². The fourth-order valence-corrected chi connectivity index (χ4v) is 2.63. The molecule has 7 nitrogen and oxygen atoms in total. The number of benzene rings is 1. The van der Waals surface area contributed by atoms with E-state index in [-0.39, 0.29) is 5.91 Å². The third-order valence-corrected chi connectivity index (χ3v) is 4.51. The quantitative estimate of drug-likeness (QED) is 0.691. The molecule has 0 saturated heterocycles. The largest absolute Gasteiger partial charge is 0.361 e. The Labute approximate surface area is 166 Å². The minimum absolute atomic E-state index is 0.310. The predicted molar refractivity (Wildman–Crippen MR) is 109 cm³/mol. The molecule has 1 aromatic carbocycles. The van der Waals surface area contributed by atoms with Gasteiger partial charge in [-0.3, -0.25) is 15.0 Å². The molecule has 152 valence electrons. The Hall–Kier alpha value is -2.67. The van der Waals surface area contributed by atoms with E-state index in [1.807, 2.05) is 62.2 Å². The van der Waals surface area contributed by atoms with Crippen molar-refractivity contribution in [3.63, 3.8) is 0 Å². The number of rotatable bonds is 9. The van der Waals surface area contributed by atoms with Gasteiger partial charge in [0.15, 0.2) is 0 Å². The number of aromatic nitrogens is 1. The second-order valence-electron chi connectivity index (χ2n) is 7.40. The first-order chi connectivity index (χ1) is 13.4. The van der Waals surface area contributed by atoms with Gasteiger partial charge in [-0.15, -0.1) is 0 Å². The molecule has 1 heterocycles. The molecule has 0 spiro atoms. The van der Waals surface area contributed by atoms with Gasteiger partial charge in [0.2, 0.25) is 5.91 Å². The fourth-order valence-electron chi connectivity index (χ4n) is 2.63. The summed E-state index contributed by atoms with van der Waals surface area (Å²) in [5, 5.41) is 9.18. The van der Waals surface area contributed by atoms with Crippen LogP contribution >= 0.6 is 0 Å². The van der Waals surface area contributed by atoms with Crippen molar-refractivity contribution >= 4 is 11.9 Å². The van der Waals surface area contributed by atoms with E-state index in [1.165, 1.54) is 0 Å². The lowest BCUT2D eigenvalue weighted by Gasteiger charge is -2.23. The van der Waals surface area contributed by atoms with Crippen LogP contribution in [0.5, 0.6) is 0 Å². The van der Waals surface area contributed by atoms with E-state index in [4.69, 9.17) is 4.52 Å². The number of urea groups is 1. The summed E-state index contributed by atoms with van der Waals surface area (Å²) in [4.78, 5) is 25.8. The summed E-state index contributed by atoms with van der Waals surface area (Å²) >= 11 is 0. The van der Waals surface area contributed by atoms with Gasteiger partial charge < -0.3 is 9.84 Å². The molecule has 28 heavy (non-hydrogen) atoms. The number of carbonyl (C=O) groups is 2. The molecule has 0 aliphatic heterocycles. The Morgan fingerprint density at radius 2 is 1.89 bits per heavy atom. The Balaban J connectivity index is 1.74. The van der Waals surface area contributed by atoms with Crippen molar-refractivity contribution in [3.05, 3.63) is 42.2 Å². The maximum absolute atomic E-state index is 12.2. The van der Waals surface area contributed by atoms with Crippen LogP contribution in [0.2, 0.25) is 0 Å². The lowest BCUT2D eigenvalue weighted by Crippen LogP contribution is -2.49. The fraction of sp³-hybridized carbons (Fsp3) is 0.476. The van der Waals surface area contributed by atoms with Crippen molar-refractivity contribution in [1.29, 1.82) is 0 Å². The summed E-state index contributed by atoms with van der Waals surface area (Å²) in [5.41, 5.74) is 1.85. The number of hydrogen-bond donors (Lipinski definition) is 2. The Morgan fingerprint density at radius 3 is 2.57 bits per heavy atom. The maximum atomic E-state index is 12.2. The number of nitrogens with one attached hydrogen (secondary N) is 2. The summed E-state index contributed by atoms with van der Waals surface area (Å²) in [5.74, 6) is 0.839. The molecule has 0 aliphatic carbocycles. The lowest BCUT2D eigenvalue weighted by atomic mass is 10.1. The summed E-state index contributed by atoms with van der Waals surface area (Å²) in [6, 6.07) is 11.0. The van der Waals surface area contributed by atoms with Gasteiger partial charge >= 0.3 is 6.03 Å². The average molecular weight is 386 g/mol. The van der Waals surface area contributed by atoms with Crippen LogP contribution < -0.4 is 10.6 Å². The van der Waals surface area contributed by atoms with Crippen LogP contribution in [0.3, 0.4) is 0 Å². The third kappa shape index (κ3) is 6.81. The topological polar surface area (TPSA) is 87.5 Å². The Morgan fingerprint density at radius 1 is 1.18 bits per heavy atom. The highest BCUT2D eigenvalue weighted by atomic mass is 16.5. The molecule has 2 aromatic rings. The molecule has 2 rings (SSSR count). The third-order valence-electron chi connectivity index (χ3n) is 4.51. The van der Waals surface area contributed by atoms with Gasteiger partial charge in [-0.1, -0.05) is 49.3 Å². The van der Waals surface area contributed by atoms with Crippen molar-refractivity contribution in [1.82, 2.24) is 20.7 Å². The second-order valence-corrected chi connectivity index (χ2v) is 7.40. The van der Waals surface area contributed by atoms with E-state index in [9.17, 15) is 9.59 Å². The first-order valence-electron chi connectivity index (χ1n) is 9.66. The molecular formula is C21H30N4O3. The molecule has 0 aliphatic rings. The van der Waals surface area contributed by atoms with Crippen molar-refractivity contribution in [3.8, 4) is 11.3 Å². The summed E-state index contributed by atoms with van der Waals surface area (Å²) in [7, 11) is 1.87. The van der Waals surface area contributed by atoms with Gasteiger partial charge in [0.1, 0.15) is 11.5 Å². The van der Waals surface area contributed by atoms with Crippen molar-refractivity contribution in [2.24, 2.45) is 5.92 Å². The first kappa shape index (κ1) is 21.6. The lowest BCUT2D eigenvalue weighted by molar-refractivity contribution is -0.124. The highest BCUT2D eigenvalue weighted by Gasteiger charge is 2.20. The zero-order valence-corrected chi connectivity index (χ0v) is 17.1. The average Bonchev–Trinajstić information content (AvgIpc) is 3.15. The van der Waals surface area contributed by atoms with Crippen molar-refractivity contribution in [2.45, 2.75) is 39.7 Å². The van der Waals surface area contributed by atoms with Crippen LogP contribution in [0.15, 0.2) is 40.9 Å². The van der Waals surface area contributed by atoms with Gasteiger partial charge in [-0.2, -0.15) is 0 Å². The molecule has 1 atom stereocenters. The second kappa shape index (κ2) is 10.6. The van der Waals surface area contributed by atoms with Crippen LogP contribution in [0.1, 0.15) is 33.0 Å². The Bertz CT molecular complexity index is 758. The zero-order valence-electron chi connectivity index (χ0n) is 17.1. The van der Waals surface area contributed by atoms with Gasteiger partial charge in [0, 0.05) is 24.6 Å². The summed E-state index contributed by atoms with van der Waals surface area (Å²) < 4.78 is 5.41. The molecule has 0 fully saturated rings. The number of carbonyl (C=O) groups excluding carboxylic acids is 2. The molecule has 3 amide bonds. The van der Waals surface area contributed by atoms with Crippen LogP contribution in [-0.2, 0) is 11.2 Å². The first-order valence-corrected chi connectivity index (χ1v) is 9.66. The molecular weight excluding hydrogens is 356 g/mol. The molecule has 1 aromatic heterocycles. The number of imide groups is 1. The molecule has 7 heteroatoms. The number of nitrogens with zero attached hydrogens (tertiary/aromatic N) is 2. The standard InChI is InChI=1S/C21H30N4O3/c1-15(2)14-22-21(27)23-20(26)16(3)25(4)12-8-11-18-13-19(24-28-18)17-9-6-5-7-10-17/h5-7,9-10,13,15-16H,8,11-12,14H2,1-4H3,(H2,22,23,26,27). The number of amides is 3. The molecule has 0 saturated carbocycles. The summed E-state index contributed by atoms with van der Waals surface area (Å²) in [6.07, 6.45) is 1.55. The number of aryl methyl sites for hydroxylation is 1. The molecule has 0 bridgehead atoms. The molecule has 2 N–H and O–H groups in total. The predicted octanol–water partition coefficient (Wildman–Crippen LogP) is 3.08. The Kier molecular flexibility index (Phi) is 8.19. The van der Waals surface area contributed by atoms with Crippen molar-refractivity contribution in [2.75, 3.05) is 20.1 Å². The van der Waals surface area contributed by atoms with Crippen LogP contribution in [0, 0.1) is 5.92 Å². The number of likely N-dealkylation sites (N-methyl/N-ethyl adjacent to an activating group) is 1. The van der Waals surface area contributed by atoms with Gasteiger partial charge in [0.05, 0.1) is 6.04 Å². The van der Waals surface area contributed by atoms with Crippen LogP contribution in [0.4, 0.5) is 4.79 Å². The summed E-state index contributed by atoms with van der Waals surface area (Å²) in [6.45, 7) is 7.01. The monoisotopic (exact) mass is 386 g/mol. The van der Waals surface area contributed by atoms with E-state index in [2.05, 4.69) is 15.8 Å². The smallest absolute Gasteiger partial charge is 0.321 e. The van der Waals surface area contributed by atoms with E-state index < -0.39 is 12.1 Å². The normalized spacial score (nSPS) is 12.2. The zero-order chi connectivity index (χ0) is 20.5. The van der Waals surface area contributed by atoms with E-state index in [0.29, 0.717) is 19.0 Å². The van der Waals surface area contributed by atoms with Gasteiger partial charge in [-0.05, 0) is 32.9 Å². The van der Waals surface area contributed by atoms with Crippen LogP contribution in [-0.4, -0.2) is 48.2 Å². The SMILES string of the molecule is CC(C)CNC(=O)NC(=O)C(C)N(C)CCCc1cc(-c2ccccc2)no1. The maximum Gasteiger partial charge on any atom is 0.321 e. The van der Waals surface area contributed by atoms with E-state index in [0.717, 1.165) is 29.9 Å². The van der Waals surface area contributed by atoms with E-state index in [1.54, 1.807) is 6.92 Å². The molecule has 1 unspecified atom stereocenters. The van der Waals surface area contributed by atoms with Gasteiger partial charge in [-0.25, -0.2) is 4.79 Å². The minimum Gasteiger partial charge on any atom is -0.361 e. The van der Waals surface area contributed by atoms with Crippen LogP contribution in [0.25, 0.3) is 11.3 Å². The highest BCUT2D eigenvalue weighted by molar-refractivity contribution is 5.96. The highest BCUT2D eigenvalue weighted by Crippen LogP contribution is 2.19. The van der Waals surface area contributed by atoms with Gasteiger partial charge in [0.25, 0.3) is 0 Å². The minimum atomic E-state index is -0.450. The molecule has 0 radical (unpaired) electrons. The number of hydrogen-bond acceptors (Lipinski definition) is 5.